The molecule has 0 saturated heterocycles. The number of nitrogens with zero attached hydrogens (tertiary/aromatic N) is 3. The molecule has 0 radical (unpaired) electrons. The zero-order valence-corrected chi connectivity index (χ0v) is 31.3. The number of fused-ring (bicyclic) bond motifs is 11. The van der Waals surface area contributed by atoms with E-state index in [1.165, 1.54) is 33.0 Å². The van der Waals surface area contributed by atoms with Crippen molar-refractivity contribution in [2.24, 2.45) is 0 Å². The number of para-hydroxylation sites is 1. The highest BCUT2D eigenvalue weighted by atomic mass is 16.5. The summed E-state index contributed by atoms with van der Waals surface area (Å²) in [5.41, 5.74) is 11.6. The van der Waals surface area contributed by atoms with Crippen molar-refractivity contribution in [1.29, 1.82) is 0 Å². The first-order chi connectivity index (χ1) is 28.7. The van der Waals surface area contributed by atoms with E-state index in [0.717, 1.165) is 61.2 Å². The predicted octanol–water partition coefficient (Wildman–Crippen LogP) is 13.3. The maximum Gasteiger partial charge on any atom is 0.164 e. The van der Waals surface area contributed by atoms with Crippen LogP contribution in [0, 0.1) is 0 Å². The summed E-state index contributed by atoms with van der Waals surface area (Å²) in [4.78, 5) is 15.7. The maximum absolute atomic E-state index is 6.76. The predicted molar refractivity (Wildman–Crippen MR) is 234 cm³/mol. The highest BCUT2D eigenvalue weighted by Gasteiger charge is 2.51. The van der Waals surface area contributed by atoms with Gasteiger partial charge in [-0.1, -0.05) is 170 Å². The van der Waals surface area contributed by atoms with Gasteiger partial charge in [-0.05, 0) is 85.3 Å². The highest BCUT2D eigenvalue weighted by Crippen LogP contribution is 2.62. The summed E-state index contributed by atoms with van der Waals surface area (Å²) in [6.45, 7) is 0. The lowest BCUT2D eigenvalue weighted by molar-refractivity contribution is 0.436. The van der Waals surface area contributed by atoms with E-state index in [2.05, 4.69) is 200 Å². The van der Waals surface area contributed by atoms with Gasteiger partial charge in [-0.25, -0.2) is 15.0 Å². The average molecular weight is 740 g/mol. The van der Waals surface area contributed by atoms with Crippen LogP contribution in [-0.4, -0.2) is 15.0 Å². The largest absolute Gasteiger partial charge is 0.457 e. The Morgan fingerprint density at radius 3 is 1.36 bits per heavy atom. The zero-order valence-electron chi connectivity index (χ0n) is 31.3. The number of hydrogen-bond donors (Lipinski definition) is 0. The first kappa shape index (κ1) is 32.5. The second-order valence-electron chi connectivity index (χ2n) is 15.1. The fourth-order valence-electron chi connectivity index (χ4n) is 9.37. The maximum atomic E-state index is 6.76. The van der Waals surface area contributed by atoms with Crippen molar-refractivity contribution < 1.29 is 4.74 Å². The lowest BCUT2D eigenvalue weighted by Gasteiger charge is -2.39. The summed E-state index contributed by atoms with van der Waals surface area (Å²) in [7, 11) is 0. The minimum absolute atomic E-state index is 0.567. The summed E-state index contributed by atoms with van der Waals surface area (Å²) in [5, 5.41) is 4.61. The fraction of sp³-hybridized carbons (Fsp3) is 0.0185. The molecule has 0 bridgehead atoms. The molecule has 2 heterocycles. The van der Waals surface area contributed by atoms with Crippen LogP contribution in [0.4, 0.5) is 0 Å². The van der Waals surface area contributed by atoms with Crippen molar-refractivity contribution in [1.82, 2.24) is 15.0 Å². The molecule has 4 heteroatoms. The van der Waals surface area contributed by atoms with Gasteiger partial charge in [0.05, 0.1) is 5.41 Å². The Balaban J connectivity index is 1.08. The molecule has 0 atom stereocenters. The molecular weight excluding hydrogens is 707 g/mol. The van der Waals surface area contributed by atoms with Crippen LogP contribution in [0.25, 0.3) is 78.0 Å². The number of ether oxygens (including phenoxy) is 1. The van der Waals surface area contributed by atoms with Crippen LogP contribution in [0.5, 0.6) is 11.5 Å². The molecule has 10 aromatic rings. The van der Waals surface area contributed by atoms with Crippen molar-refractivity contribution >= 4 is 21.5 Å². The van der Waals surface area contributed by atoms with Crippen molar-refractivity contribution in [2.45, 2.75) is 5.41 Å². The third kappa shape index (κ3) is 4.85. The molecule has 1 aromatic heterocycles. The van der Waals surface area contributed by atoms with Gasteiger partial charge in [0.15, 0.2) is 17.5 Å². The average Bonchev–Trinajstić information content (AvgIpc) is 3.59. The Morgan fingerprint density at radius 1 is 0.293 bits per heavy atom. The van der Waals surface area contributed by atoms with Gasteiger partial charge in [-0.15, -0.1) is 0 Å². The topological polar surface area (TPSA) is 47.9 Å². The number of benzene rings is 9. The SMILES string of the molecule is c1ccc2c(c1)Oc1ccc(-c3ccccc3-c3nc(-c4ccc5ccccc5c4)nc(-c4ccc5ccccc5c4)n3)cc1C21c2ccccc2-c2ccccc21. The molecule has 2 aliphatic rings. The minimum atomic E-state index is -0.567. The Bertz CT molecular complexity index is 3150. The van der Waals surface area contributed by atoms with Crippen LogP contribution >= 0.6 is 0 Å². The van der Waals surface area contributed by atoms with Crippen LogP contribution in [0.2, 0.25) is 0 Å². The third-order valence-corrected chi connectivity index (χ3v) is 12.0. The Labute approximate surface area is 335 Å². The van der Waals surface area contributed by atoms with Gasteiger partial charge in [-0.2, -0.15) is 0 Å². The summed E-state index contributed by atoms with van der Waals surface area (Å²) in [5.74, 6) is 3.60. The van der Waals surface area contributed by atoms with Crippen molar-refractivity contribution in [3.63, 3.8) is 0 Å². The van der Waals surface area contributed by atoms with Crippen molar-refractivity contribution in [2.75, 3.05) is 0 Å². The van der Waals surface area contributed by atoms with E-state index in [-0.39, 0.29) is 0 Å². The molecule has 0 unspecified atom stereocenters. The van der Waals surface area contributed by atoms with Gasteiger partial charge in [0.2, 0.25) is 0 Å². The molecule has 9 aromatic carbocycles. The van der Waals surface area contributed by atoms with Gasteiger partial charge >= 0.3 is 0 Å². The molecular formula is C54H33N3O. The summed E-state index contributed by atoms with van der Waals surface area (Å²) in [6, 6.07) is 70.9. The Morgan fingerprint density at radius 2 is 0.741 bits per heavy atom. The molecule has 12 rings (SSSR count). The van der Waals surface area contributed by atoms with E-state index in [1.807, 2.05) is 0 Å². The van der Waals surface area contributed by atoms with E-state index >= 15 is 0 Å². The second-order valence-corrected chi connectivity index (χ2v) is 15.1. The van der Waals surface area contributed by atoms with E-state index in [4.69, 9.17) is 19.7 Å². The van der Waals surface area contributed by atoms with Gasteiger partial charge < -0.3 is 4.74 Å². The van der Waals surface area contributed by atoms with E-state index in [9.17, 15) is 0 Å². The summed E-state index contributed by atoms with van der Waals surface area (Å²) in [6.07, 6.45) is 0. The van der Waals surface area contributed by atoms with Crippen molar-refractivity contribution in [3.8, 4) is 67.9 Å². The summed E-state index contributed by atoms with van der Waals surface area (Å²) < 4.78 is 6.76. The molecule has 0 amide bonds. The molecule has 4 nitrogen and oxygen atoms in total. The molecule has 270 valence electrons. The quantitative estimate of drug-likeness (QED) is 0.180. The number of hydrogen-bond acceptors (Lipinski definition) is 4. The number of aromatic nitrogens is 3. The van der Waals surface area contributed by atoms with Crippen LogP contribution in [-0.2, 0) is 5.41 Å². The van der Waals surface area contributed by atoms with Gasteiger partial charge in [0, 0.05) is 27.8 Å². The molecule has 0 fully saturated rings. The highest BCUT2D eigenvalue weighted by molar-refractivity contribution is 5.92. The Kier molecular flexibility index (Phi) is 7.11. The molecule has 58 heavy (non-hydrogen) atoms. The van der Waals surface area contributed by atoms with E-state index < -0.39 is 5.41 Å². The van der Waals surface area contributed by atoms with Gasteiger partial charge in [-0.3, -0.25) is 0 Å². The molecule has 0 saturated carbocycles. The lowest BCUT2D eigenvalue weighted by Crippen LogP contribution is -2.32. The first-order valence-electron chi connectivity index (χ1n) is 19.7. The number of rotatable bonds is 4. The standard InChI is InChI=1S/C54H33N3O/c1-3-15-36-31-39(27-25-34(36)13-1)51-55-52(40-28-26-35-14-2-4-16-37(35)32-40)57-53(56-51)44-20-6-5-17-41(44)38-29-30-50-48(33-38)54(47-23-11-12-24-49(47)58-50)45-21-9-7-18-42(45)43-19-8-10-22-46(43)54/h1-33H. The smallest absolute Gasteiger partial charge is 0.164 e. The van der Waals surface area contributed by atoms with E-state index in [1.54, 1.807) is 0 Å². The second kappa shape index (κ2) is 12.7. The molecule has 0 N–H and O–H groups in total. The molecule has 1 aliphatic heterocycles. The van der Waals surface area contributed by atoms with Crippen molar-refractivity contribution in [3.05, 3.63) is 222 Å². The summed E-state index contributed by atoms with van der Waals surface area (Å²) >= 11 is 0. The third-order valence-electron chi connectivity index (χ3n) is 12.0. The van der Waals surface area contributed by atoms with Crippen LogP contribution in [0.3, 0.4) is 0 Å². The molecule has 1 aliphatic carbocycles. The van der Waals surface area contributed by atoms with E-state index in [0.29, 0.717) is 17.5 Å². The molecule has 1 spiro atoms. The van der Waals surface area contributed by atoms with Crippen LogP contribution in [0.15, 0.2) is 200 Å². The van der Waals surface area contributed by atoms with Gasteiger partial charge in [0.25, 0.3) is 0 Å². The normalized spacial score (nSPS) is 13.1. The minimum Gasteiger partial charge on any atom is -0.457 e. The van der Waals surface area contributed by atoms with Gasteiger partial charge in [0.1, 0.15) is 11.5 Å². The zero-order chi connectivity index (χ0) is 38.2. The monoisotopic (exact) mass is 739 g/mol. The Hall–Kier alpha value is -7.69. The lowest BCUT2D eigenvalue weighted by atomic mass is 9.65. The first-order valence-corrected chi connectivity index (χ1v) is 19.7. The fourth-order valence-corrected chi connectivity index (χ4v) is 9.37. The van der Waals surface area contributed by atoms with Crippen LogP contribution in [0.1, 0.15) is 22.3 Å². The van der Waals surface area contributed by atoms with Crippen LogP contribution < -0.4 is 4.74 Å².